The fraction of sp³-hybridized carbons (Fsp3) is 0. The van der Waals surface area contributed by atoms with E-state index in [9.17, 15) is 4.79 Å². The Kier molecular flexibility index (Phi) is 3.20. The summed E-state index contributed by atoms with van der Waals surface area (Å²) in [5, 5.41) is 9.16. The van der Waals surface area contributed by atoms with E-state index in [2.05, 4.69) is 9.97 Å². The number of ether oxygens (including phenoxy) is 1. The molecule has 0 saturated heterocycles. The van der Waals surface area contributed by atoms with Gasteiger partial charge in [0.2, 0.25) is 0 Å². The first-order chi connectivity index (χ1) is 8.16. The standard InChI is InChI=1S/C11H7ClN2O3/c12-7-3-1-2-4-9(7)17-11-13-6-5-8(14-11)10(15)16/h1-6H,(H,15,16). The fourth-order valence-electron chi connectivity index (χ4n) is 1.13. The number of aromatic carboxylic acids is 1. The largest absolute Gasteiger partial charge is 0.477 e. The van der Waals surface area contributed by atoms with Gasteiger partial charge in [-0.25, -0.2) is 9.78 Å². The molecule has 0 aliphatic rings. The molecular formula is C11H7ClN2O3. The van der Waals surface area contributed by atoms with E-state index in [1.54, 1.807) is 24.3 Å². The molecule has 0 amide bonds. The number of nitrogens with zero attached hydrogens (tertiary/aromatic N) is 2. The number of hydrogen-bond acceptors (Lipinski definition) is 4. The molecule has 6 heteroatoms. The van der Waals surface area contributed by atoms with E-state index in [0.29, 0.717) is 10.8 Å². The van der Waals surface area contributed by atoms with Gasteiger partial charge in [-0.2, -0.15) is 4.98 Å². The Bertz CT molecular complexity index is 560. The quantitative estimate of drug-likeness (QED) is 0.907. The summed E-state index contributed by atoms with van der Waals surface area (Å²) in [4.78, 5) is 18.2. The number of carbonyl (C=O) groups is 1. The molecule has 1 aromatic heterocycles. The van der Waals surface area contributed by atoms with Gasteiger partial charge < -0.3 is 9.84 Å². The summed E-state index contributed by atoms with van der Waals surface area (Å²) in [7, 11) is 0. The van der Waals surface area contributed by atoms with E-state index >= 15 is 0 Å². The molecule has 1 heterocycles. The van der Waals surface area contributed by atoms with Crippen LogP contribution in [0.5, 0.6) is 11.8 Å². The maximum absolute atomic E-state index is 10.7. The highest BCUT2D eigenvalue weighted by Gasteiger charge is 2.08. The number of carboxylic acids is 1. The van der Waals surface area contributed by atoms with Gasteiger partial charge in [-0.3, -0.25) is 0 Å². The molecule has 86 valence electrons. The third-order valence-corrected chi connectivity index (χ3v) is 2.20. The Labute approximate surface area is 102 Å². The van der Waals surface area contributed by atoms with Crippen molar-refractivity contribution in [1.29, 1.82) is 0 Å². The number of halogens is 1. The van der Waals surface area contributed by atoms with Gasteiger partial charge in [0.25, 0.3) is 0 Å². The number of carboxylic acid groups (broad SMARTS) is 1. The van der Waals surface area contributed by atoms with Gasteiger partial charge in [0, 0.05) is 6.20 Å². The topological polar surface area (TPSA) is 72.3 Å². The van der Waals surface area contributed by atoms with E-state index < -0.39 is 5.97 Å². The maximum atomic E-state index is 10.7. The normalized spacial score (nSPS) is 9.94. The average molecular weight is 251 g/mol. The van der Waals surface area contributed by atoms with Crippen LogP contribution >= 0.6 is 11.6 Å². The van der Waals surface area contributed by atoms with Crippen LogP contribution < -0.4 is 4.74 Å². The predicted octanol–water partition coefficient (Wildman–Crippen LogP) is 2.62. The maximum Gasteiger partial charge on any atom is 0.354 e. The van der Waals surface area contributed by atoms with Crippen molar-refractivity contribution in [3.63, 3.8) is 0 Å². The predicted molar refractivity (Wildman–Crippen MR) is 60.5 cm³/mol. The molecule has 1 N–H and O–H groups in total. The minimum atomic E-state index is -1.14. The summed E-state index contributed by atoms with van der Waals surface area (Å²) in [5.41, 5.74) is -0.137. The van der Waals surface area contributed by atoms with E-state index in [0.717, 1.165) is 0 Å². The van der Waals surface area contributed by atoms with Crippen LogP contribution in [0.3, 0.4) is 0 Å². The van der Waals surface area contributed by atoms with Gasteiger partial charge in [-0.05, 0) is 18.2 Å². The van der Waals surface area contributed by atoms with Crippen molar-refractivity contribution in [1.82, 2.24) is 9.97 Å². The highest BCUT2D eigenvalue weighted by molar-refractivity contribution is 6.32. The monoisotopic (exact) mass is 250 g/mol. The smallest absolute Gasteiger partial charge is 0.354 e. The Morgan fingerprint density at radius 2 is 2.06 bits per heavy atom. The van der Waals surface area contributed by atoms with Gasteiger partial charge >= 0.3 is 12.0 Å². The lowest BCUT2D eigenvalue weighted by Crippen LogP contribution is -2.02. The van der Waals surface area contributed by atoms with Crippen molar-refractivity contribution in [3.8, 4) is 11.8 Å². The first kappa shape index (κ1) is 11.3. The van der Waals surface area contributed by atoms with E-state index in [1.165, 1.54) is 12.3 Å². The second-order valence-corrected chi connectivity index (χ2v) is 3.47. The van der Waals surface area contributed by atoms with Crippen LogP contribution in [-0.2, 0) is 0 Å². The Hall–Kier alpha value is -2.14. The van der Waals surface area contributed by atoms with Crippen molar-refractivity contribution in [2.24, 2.45) is 0 Å². The van der Waals surface area contributed by atoms with Crippen molar-refractivity contribution in [2.45, 2.75) is 0 Å². The number of para-hydroxylation sites is 1. The van der Waals surface area contributed by atoms with Gasteiger partial charge in [0.15, 0.2) is 5.69 Å². The van der Waals surface area contributed by atoms with Gasteiger partial charge in [0.1, 0.15) is 5.75 Å². The molecule has 0 spiro atoms. The van der Waals surface area contributed by atoms with E-state index in [-0.39, 0.29) is 11.7 Å². The summed E-state index contributed by atoms with van der Waals surface area (Å²) in [6.07, 6.45) is 1.31. The summed E-state index contributed by atoms with van der Waals surface area (Å²) in [5.74, 6) is -0.770. The minimum Gasteiger partial charge on any atom is -0.477 e. The van der Waals surface area contributed by atoms with E-state index in [4.69, 9.17) is 21.4 Å². The molecular weight excluding hydrogens is 244 g/mol. The zero-order valence-electron chi connectivity index (χ0n) is 8.50. The van der Waals surface area contributed by atoms with E-state index in [1.807, 2.05) is 0 Å². The van der Waals surface area contributed by atoms with Crippen molar-refractivity contribution < 1.29 is 14.6 Å². The lowest BCUT2D eigenvalue weighted by atomic mass is 10.3. The van der Waals surface area contributed by atoms with Crippen LogP contribution in [0, 0.1) is 0 Å². The summed E-state index contributed by atoms with van der Waals surface area (Å²) >= 11 is 5.88. The van der Waals surface area contributed by atoms with Crippen molar-refractivity contribution in [2.75, 3.05) is 0 Å². The molecule has 5 nitrogen and oxygen atoms in total. The first-order valence-corrected chi connectivity index (χ1v) is 5.03. The van der Waals surface area contributed by atoms with Gasteiger partial charge in [-0.1, -0.05) is 23.7 Å². The molecule has 0 aliphatic carbocycles. The molecule has 2 rings (SSSR count). The first-order valence-electron chi connectivity index (χ1n) is 4.65. The number of hydrogen-bond donors (Lipinski definition) is 1. The number of aromatic nitrogens is 2. The summed E-state index contributed by atoms with van der Waals surface area (Å²) in [6.45, 7) is 0. The molecule has 0 saturated carbocycles. The fourth-order valence-corrected chi connectivity index (χ4v) is 1.31. The molecule has 0 aliphatic heterocycles. The van der Waals surface area contributed by atoms with Crippen LogP contribution in [-0.4, -0.2) is 21.0 Å². The second-order valence-electron chi connectivity index (χ2n) is 3.06. The molecule has 17 heavy (non-hydrogen) atoms. The van der Waals surface area contributed by atoms with Crippen molar-refractivity contribution >= 4 is 17.6 Å². The Morgan fingerprint density at radius 3 is 2.76 bits per heavy atom. The summed E-state index contributed by atoms with van der Waals surface area (Å²) in [6, 6.07) is 8.00. The Balaban J connectivity index is 2.28. The molecule has 0 bridgehead atoms. The third-order valence-electron chi connectivity index (χ3n) is 1.89. The molecule has 0 unspecified atom stereocenters. The molecule has 0 fully saturated rings. The van der Waals surface area contributed by atoms with Crippen LogP contribution in [0.15, 0.2) is 36.5 Å². The number of rotatable bonds is 3. The zero-order chi connectivity index (χ0) is 12.3. The van der Waals surface area contributed by atoms with Crippen LogP contribution in [0.2, 0.25) is 5.02 Å². The zero-order valence-corrected chi connectivity index (χ0v) is 9.26. The highest BCUT2D eigenvalue weighted by atomic mass is 35.5. The molecule has 0 radical (unpaired) electrons. The number of benzene rings is 1. The van der Waals surface area contributed by atoms with Crippen molar-refractivity contribution in [3.05, 3.63) is 47.2 Å². The van der Waals surface area contributed by atoms with Gasteiger partial charge in [0.05, 0.1) is 5.02 Å². The molecule has 0 atom stereocenters. The third kappa shape index (κ3) is 2.70. The molecule has 2 aromatic rings. The Morgan fingerprint density at radius 1 is 1.29 bits per heavy atom. The van der Waals surface area contributed by atoms with Crippen LogP contribution in [0.1, 0.15) is 10.5 Å². The lowest BCUT2D eigenvalue weighted by Gasteiger charge is -2.05. The lowest BCUT2D eigenvalue weighted by molar-refractivity contribution is 0.0689. The van der Waals surface area contributed by atoms with Gasteiger partial charge in [-0.15, -0.1) is 0 Å². The highest BCUT2D eigenvalue weighted by Crippen LogP contribution is 2.26. The molecule has 1 aromatic carbocycles. The summed E-state index contributed by atoms with van der Waals surface area (Å²) < 4.78 is 5.28. The average Bonchev–Trinajstić information content (AvgIpc) is 2.32. The van der Waals surface area contributed by atoms with Crippen LogP contribution in [0.4, 0.5) is 0 Å². The van der Waals surface area contributed by atoms with Crippen LogP contribution in [0.25, 0.3) is 0 Å². The second kappa shape index (κ2) is 4.80. The minimum absolute atomic E-state index is 0.0574. The SMILES string of the molecule is O=C(O)c1ccnc(Oc2ccccc2Cl)n1.